The van der Waals surface area contributed by atoms with Crippen molar-refractivity contribution in [3.8, 4) is 10.4 Å². The van der Waals surface area contributed by atoms with Gasteiger partial charge in [0, 0.05) is 36.4 Å². The molecular formula is C25H34F3N5O4S. The molecular weight excluding hydrogens is 523 g/mol. The van der Waals surface area contributed by atoms with Crippen LogP contribution in [0.4, 0.5) is 19.0 Å². The van der Waals surface area contributed by atoms with Crippen molar-refractivity contribution in [3.63, 3.8) is 0 Å². The minimum atomic E-state index is -4.78. The van der Waals surface area contributed by atoms with E-state index in [2.05, 4.69) is 20.6 Å². The molecule has 4 N–H and O–H groups in total. The number of aliphatic hydroxyl groups is 2. The lowest BCUT2D eigenvalue weighted by atomic mass is 10.0. The van der Waals surface area contributed by atoms with Gasteiger partial charge in [-0.05, 0) is 60.5 Å². The lowest BCUT2D eigenvalue weighted by molar-refractivity contribution is -0.137. The average Bonchev–Trinajstić information content (AvgIpc) is 3.41. The predicted molar refractivity (Wildman–Crippen MR) is 138 cm³/mol. The number of aliphatic hydroxyl groups excluding tert-OH is 1. The number of thiazole rings is 1. The Morgan fingerprint density at radius 2 is 1.89 bits per heavy atom. The highest BCUT2D eigenvalue weighted by atomic mass is 32.1. The molecule has 2 aromatic rings. The standard InChI is InChI=1S/C25H34F3N5O4S/c1-13-8-7-9-33(13)22(36)18-19(38-21(31-18)20(35)30-12-16(34)24(5,6)37)14-11-29-17(32-23(2,3)4)10-15(14)25(26,27)28/h10-11,13,16,34,37H,7-9,12H2,1-6H3,(H,29,32)(H,30,35). The molecule has 38 heavy (non-hydrogen) atoms. The molecule has 1 aliphatic rings. The van der Waals surface area contributed by atoms with Gasteiger partial charge in [-0.25, -0.2) is 9.97 Å². The number of halogens is 3. The van der Waals surface area contributed by atoms with E-state index in [-0.39, 0.29) is 39.5 Å². The summed E-state index contributed by atoms with van der Waals surface area (Å²) in [5.74, 6) is -1.35. The fraction of sp³-hybridized carbons (Fsp3) is 0.600. The van der Waals surface area contributed by atoms with E-state index >= 15 is 0 Å². The molecule has 0 saturated carbocycles. The van der Waals surface area contributed by atoms with Crippen LogP contribution in [0.2, 0.25) is 0 Å². The van der Waals surface area contributed by atoms with E-state index in [1.54, 1.807) is 20.8 Å². The number of nitrogens with one attached hydrogen (secondary N) is 2. The normalized spacial score (nSPS) is 17.4. The minimum absolute atomic E-state index is 0.0118. The number of rotatable bonds is 7. The number of hydrogen-bond donors (Lipinski definition) is 4. The number of carbonyl (C=O) groups is 2. The van der Waals surface area contributed by atoms with Crippen LogP contribution >= 0.6 is 11.3 Å². The molecule has 1 aliphatic heterocycles. The topological polar surface area (TPSA) is 128 Å². The van der Waals surface area contributed by atoms with E-state index < -0.39 is 40.8 Å². The summed E-state index contributed by atoms with van der Waals surface area (Å²) in [7, 11) is 0. The number of anilines is 1. The Balaban J connectivity index is 2.10. The second kappa shape index (κ2) is 10.8. The third-order valence-electron chi connectivity index (χ3n) is 6.07. The van der Waals surface area contributed by atoms with Crippen molar-refractivity contribution in [1.82, 2.24) is 20.2 Å². The summed E-state index contributed by atoms with van der Waals surface area (Å²) >= 11 is 0.642. The van der Waals surface area contributed by atoms with Crippen molar-refractivity contribution >= 4 is 29.0 Å². The lowest BCUT2D eigenvalue weighted by Gasteiger charge is -2.24. The number of carbonyl (C=O) groups excluding carboxylic acids is 2. The predicted octanol–water partition coefficient (Wildman–Crippen LogP) is 3.92. The van der Waals surface area contributed by atoms with E-state index in [4.69, 9.17) is 0 Å². The monoisotopic (exact) mass is 557 g/mol. The zero-order valence-electron chi connectivity index (χ0n) is 22.2. The third kappa shape index (κ3) is 7.00. The van der Waals surface area contributed by atoms with Crippen LogP contribution in [0.3, 0.4) is 0 Å². The van der Waals surface area contributed by atoms with Gasteiger partial charge in [-0.1, -0.05) is 0 Å². The van der Waals surface area contributed by atoms with Crippen molar-refractivity contribution in [1.29, 1.82) is 0 Å². The summed E-state index contributed by atoms with van der Waals surface area (Å²) in [6.07, 6.45) is -3.56. The van der Waals surface area contributed by atoms with Crippen molar-refractivity contribution in [2.24, 2.45) is 0 Å². The van der Waals surface area contributed by atoms with Gasteiger partial charge in [0.1, 0.15) is 11.5 Å². The van der Waals surface area contributed by atoms with Crippen LogP contribution in [0.5, 0.6) is 0 Å². The smallest absolute Gasteiger partial charge is 0.388 e. The summed E-state index contributed by atoms with van der Waals surface area (Å²) in [6.45, 7) is 10.0. The molecule has 2 aromatic heterocycles. The Labute approximate surface area is 223 Å². The highest BCUT2D eigenvalue weighted by molar-refractivity contribution is 7.17. The van der Waals surface area contributed by atoms with Crippen LogP contribution < -0.4 is 10.6 Å². The van der Waals surface area contributed by atoms with Crippen molar-refractivity contribution < 1.29 is 33.0 Å². The summed E-state index contributed by atoms with van der Waals surface area (Å²) in [5, 5.41) is 25.0. The van der Waals surface area contributed by atoms with Crippen LogP contribution in [0, 0.1) is 0 Å². The molecule has 13 heteroatoms. The number of alkyl halides is 3. The van der Waals surface area contributed by atoms with Crippen LogP contribution in [0.15, 0.2) is 12.3 Å². The average molecular weight is 558 g/mol. The van der Waals surface area contributed by atoms with E-state index in [1.165, 1.54) is 18.7 Å². The molecule has 1 saturated heterocycles. The van der Waals surface area contributed by atoms with Gasteiger partial charge in [-0.2, -0.15) is 13.2 Å². The summed E-state index contributed by atoms with van der Waals surface area (Å²) in [6, 6.07) is 0.752. The van der Waals surface area contributed by atoms with Gasteiger partial charge in [0.25, 0.3) is 11.8 Å². The fourth-order valence-electron chi connectivity index (χ4n) is 3.95. The molecule has 2 atom stereocenters. The summed E-state index contributed by atoms with van der Waals surface area (Å²) in [4.78, 5) is 36.0. The van der Waals surface area contributed by atoms with Gasteiger partial charge in [-0.3, -0.25) is 9.59 Å². The first-order valence-corrected chi connectivity index (χ1v) is 13.1. The number of hydrogen-bond acceptors (Lipinski definition) is 8. The zero-order valence-corrected chi connectivity index (χ0v) is 23.0. The van der Waals surface area contributed by atoms with E-state index in [9.17, 15) is 33.0 Å². The van der Waals surface area contributed by atoms with E-state index in [0.717, 1.165) is 25.1 Å². The van der Waals surface area contributed by atoms with Crippen molar-refractivity contribution in [2.75, 3.05) is 18.4 Å². The number of likely N-dealkylation sites (tertiary alicyclic amines) is 1. The quantitative estimate of drug-likeness (QED) is 0.406. The summed E-state index contributed by atoms with van der Waals surface area (Å²) < 4.78 is 42.7. The van der Waals surface area contributed by atoms with Crippen molar-refractivity contribution in [2.45, 2.75) is 83.8 Å². The van der Waals surface area contributed by atoms with Gasteiger partial charge in [0.05, 0.1) is 22.1 Å². The molecule has 0 aliphatic carbocycles. The summed E-state index contributed by atoms with van der Waals surface area (Å²) in [5.41, 5.74) is -3.69. The molecule has 210 valence electrons. The molecule has 3 heterocycles. The molecule has 0 aromatic carbocycles. The van der Waals surface area contributed by atoms with Crippen molar-refractivity contribution in [3.05, 3.63) is 28.5 Å². The first kappa shape index (κ1) is 29.8. The Morgan fingerprint density at radius 1 is 1.24 bits per heavy atom. The second-order valence-electron chi connectivity index (χ2n) is 11.1. The molecule has 0 radical (unpaired) electrons. The van der Waals surface area contributed by atoms with Gasteiger partial charge in [0.15, 0.2) is 5.01 Å². The lowest BCUT2D eigenvalue weighted by Crippen LogP contribution is -2.44. The first-order chi connectivity index (χ1) is 17.4. The largest absolute Gasteiger partial charge is 0.417 e. The SMILES string of the molecule is CC1CCCN1C(=O)c1nc(C(=O)NCC(O)C(C)(C)O)sc1-c1cnc(NC(C)(C)C)cc1C(F)(F)F. The van der Waals surface area contributed by atoms with Crippen LogP contribution in [-0.4, -0.2) is 73.3 Å². The molecule has 0 spiro atoms. The molecule has 3 rings (SSSR count). The fourth-order valence-corrected chi connectivity index (χ4v) is 4.95. The van der Waals surface area contributed by atoms with Crippen LogP contribution in [-0.2, 0) is 6.18 Å². The molecule has 0 bridgehead atoms. The maximum Gasteiger partial charge on any atom is 0.417 e. The zero-order chi connectivity index (χ0) is 28.6. The molecule has 2 amide bonds. The Bertz CT molecular complexity index is 1190. The number of pyridine rings is 1. The van der Waals surface area contributed by atoms with Gasteiger partial charge >= 0.3 is 6.18 Å². The maximum absolute atomic E-state index is 14.2. The Morgan fingerprint density at radius 3 is 2.42 bits per heavy atom. The molecule has 9 nitrogen and oxygen atoms in total. The van der Waals surface area contributed by atoms with E-state index in [0.29, 0.717) is 17.9 Å². The Hall–Kier alpha value is -2.77. The van der Waals surface area contributed by atoms with Gasteiger partial charge in [0.2, 0.25) is 0 Å². The van der Waals surface area contributed by atoms with E-state index in [1.807, 2.05) is 6.92 Å². The Kier molecular flexibility index (Phi) is 8.44. The first-order valence-electron chi connectivity index (χ1n) is 12.2. The van der Waals surface area contributed by atoms with Gasteiger partial charge in [-0.15, -0.1) is 11.3 Å². The molecule has 1 fully saturated rings. The maximum atomic E-state index is 14.2. The van der Waals surface area contributed by atoms with Crippen LogP contribution in [0.25, 0.3) is 10.4 Å². The van der Waals surface area contributed by atoms with Gasteiger partial charge < -0.3 is 25.7 Å². The minimum Gasteiger partial charge on any atom is -0.388 e. The number of amides is 2. The number of nitrogens with zero attached hydrogens (tertiary/aromatic N) is 3. The third-order valence-corrected chi connectivity index (χ3v) is 7.15. The number of aromatic nitrogens is 2. The second-order valence-corrected chi connectivity index (χ2v) is 12.1. The van der Waals surface area contributed by atoms with Crippen LogP contribution in [0.1, 0.15) is 80.2 Å². The highest BCUT2D eigenvalue weighted by Crippen LogP contribution is 2.42. The highest BCUT2D eigenvalue weighted by Gasteiger charge is 2.38. The molecule has 2 unspecified atom stereocenters.